The number of carbonyl (C=O) groups excluding carboxylic acids is 1. The zero-order valence-corrected chi connectivity index (χ0v) is 14.7. The van der Waals surface area contributed by atoms with E-state index in [2.05, 4.69) is 26.6 Å². The van der Waals surface area contributed by atoms with Gasteiger partial charge in [-0.05, 0) is 60.2 Å². The van der Waals surface area contributed by atoms with E-state index in [4.69, 9.17) is 0 Å². The van der Waals surface area contributed by atoms with Crippen molar-refractivity contribution in [3.8, 4) is 0 Å². The summed E-state index contributed by atoms with van der Waals surface area (Å²) in [5.41, 5.74) is 3.17. The Morgan fingerprint density at radius 2 is 2.17 bits per heavy atom. The van der Waals surface area contributed by atoms with Crippen molar-refractivity contribution in [2.24, 2.45) is 5.92 Å². The smallest absolute Gasteiger partial charge is 0.228 e. The molecular formula is C19H18BrFN2O. The SMILES string of the molecule is O=C(Nc1ccc2c(c1F)CCNC2)C1CC1c1cccc(Br)c1. The number of benzene rings is 2. The first-order valence-electron chi connectivity index (χ1n) is 8.21. The van der Waals surface area contributed by atoms with E-state index in [0.717, 1.165) is 34.1 Å². The van der Waals surface area contributed by atoms with E-state index in [1.165, 1.54) is 0 Å². The molecule has 2 aromatic carbocycles. The predicted octanol–water partition coefficient (Wildman–Crippen LogP) is 3.98. The number of hydrogen-bond donors (Lipinski definition) is 2. The minimum Gasteiger partial charge on any atom is -0.323 e. The van der Waals surface area contributed by atoms with E-state index >= 15 is 0 Å². The summed E-state index contributed by atoms with van der Waals surface area (Å²) in [6, 6.07) is 11.6. The van der Waals surface area contributed by atoms with Gasteiger partial charge < -0.3 is 10.6 Å². The second-order valence-corrected chi connectivity index (χ2v) is 7.40. The number of amides is 1. The molecule has 1 aliphatic carbocycles. The van der Waals surface area contributed by atoms with Gasteiger partial charge in [0.05, 0.1) is 5.69 Å². The maximum Gasteiger partial charge on any atom is 0.228 e. The maximum absolute atomic E-state index is 14.6. The number of rotatable bonds is 3. The Kier molecular flexibility index (Phi) is 4.14. The van der Waals surface area contributed by atoms with Crippen LogP contribution in [0.15, 0.2) is 40.9 Å². The van der Waals surface area contributed by atoms with E-state index in [1.54, 1.807) is 6.07 Å². The molecule has 2 aliphatic rings. The summed E-state index contributed by atoms with van der Waals surface area (Å²) in [4.78, 5) is 12.5. The second kappa shape index (κ2) is 6.30. The molecule has 1 fully saturated rings. The number of anilines is 1. The van der Waals surface area contributed by atoms with Crippen LogP contribution in [0.1, 0.15) is 29.0 Å². The molecule has 1 aliphatic heterocycles. The average molecular weight is 389 g/mol. The Morgan fingerprint density at radius 3 is 3.00 bits per heavy atom. The minimum absolute atomic E-state index is 0.0728. The van der Waals surface area contributed by atoms with Gasteiger partial charge in [0.25, 0.3) is 0 Å². The van der Waals surface area contributed by atoms with Crippen molar-refractivity contribution in [2.75, 3.05) is 11.9 Å². The fourth-order valence-corrected chi connectivity index (χ4v) is 3.86. The predicted molar refractivity (Wildman–Crippen MR) is 95.4 cm³/mol. The van der Waals surface area contributed by atoms with Gasteiger partial charge in [-0.3, -0.25) is 4.79 Å². The third kappa shape index (κ3) is 2.98. The molecule has 2 unspecified atom stereocenters. The van der Waals surface area contributed by atoms with Gasteiger partial charge in [-0.15, -0.1) is 0 Å². The van der Waals surface area contributed by atoms with Gasteiger partial charge in [0.1, 0.15) is 5.82 Å². The molecule has 124 valence electrons. The van der Waals surface area contributed by atoms with Gasteiger partial charge in [0, 0.05) is 16.9 Å². The molecule has 1 amide bonds. The second-order valence-electron chi connectivity index (χ2n) is 6.48. The van der Waals surface area contributed by atoms with Crippen LogP contribution in [0, 0.1) is 11.7 Å². The van der Waals surface area contributed by atoms with E-state index < -0.39 is 0 Å². The lowest BCUT2D eigenvalue weighted by molar-refractivity contribution is -0.117. The fraction of sp³-hybridized carbons (Fsp3) is 0.316. The third-order valence-corrected chi connectivity index (χ3v) is 5.36. The summed E-state index contributed by atoms with van der Waals surface area (Å²) in [5, 5.41) is 6.02. The summed E-state index contributed by atoms with van der Waals surface area (Å²) in [5.74, 6) is -0.210. The lowest BCUT2D eigenvalue weighted by atomic mass is 9.99. The quantitative estimate of drug-likeness (QED) is 0.834. The van der Waals surface area contributed by atoms with Crippen LogP contribution in [0.3, 0.4) is 0 Å². The van der Waals surface area contributed by atoms with Crippen LogP contribution >= 0.6 is 15.9 Å². The van der Waals surface area contributed by atoms with Gasteiger partial charge >= 0.3 is 0 Å². The molecule has 0 saturated heterocycles. The van der Waals surface area contributed by atoms with Crippen molar-refractivity contribution in [2.45, 2.75) is 25.3 Å². The first-order chi connectivity index (χ1) is 11.6. The maximum atomic E-state index is 14.6. The van der Waals surface area contributed by atoms with Crippen LogP contribution in [-0.2, 0) is 17.8 Å². The molecule has 2 aromatic rings. The highest BCUT2D eigenvalue weighted by Gasteiger charge is 2.44. The zero-order chi connectivity index (χ0) is 16.7. The van der Waals surface area contributed by atoms with Crippen LogP contribution in [0.4, 0.5) is 10.1 Å². The first-order valence-corrected chi connectivity index (χ1v) is 9.00. The normalized spacial score (nSPS) is 21.9. The Bertz CT molecular complexity index is 808. The summed E-state index contributed by atoms with van der Waals surface area (Å²) in [7, 11) is 0. The Hall–Kier alpha value is -1.72. The van der Waals surface area contributed by atoms with Gasteiger partial charge in [-0.25, -0.2) is 4.39 Å². The molecule has 1 heterocycles. The molecule has 0 radical (unpaired) electrons. The van der Waals surface area contributed by atoms with Crippen LogP contribution in [0.5, 0.6) is 0 Å². The summed E-state index contributed by atoms with van der Waals surface area (Å²) < 4.78 is 15.6. The van der Waals surface area contributed by atoms with Crippen molar-refractivity contribution >= 4 is 27.5 Å². The molecule has 0 aromatic heterocycles. The fourth-order valence-electron chi connectivity index (χ4n) is 3.45. The van der Waals surface area contributed by atoms with E-state index in [9.17, 15) is 9.18 Å². The molecule has 5 heteroatoms. The Balaban J connectivity index is 1.48. The van der Waals surface area contributed by atoms with Crippen molar-refractivity contribution in [1.82, 2.24) is 5.32 Å². The largest absolute Gasteiger partial charge is 0.323 e. The highest BCUT2D eigenvalue weighted by molar-refractivity contribution is 9.10. The van der Waals surface area contributed by atoms with Crippen molar-refractivity contribution in [1.29, 1.82) is 0 Å². The van der Waals surface area contributed by atoms with Gasteiger partial charge in [0.15, 0.2) is 0 Å². The van der Waals surface area contributed by atoms with Crippen LogP contribution in [0.2, 0.25) is 0 Å². The van der Waals surface area contributed by atoms with Crippen molar-refractivity contribution < 1.29 is 9.18 Å². The standard InChI is InChI=1S/C19H18BrFN2O/c20-13-3-1-2-11(8-13)15-9-16(15)19(24)23-17-5-4-12-10-22-7-6-14(12)18(17)21/h1-5,8,15-16,22H,6-7,9-10H2,(H,23,24). The lowest BCUT2D eigenvalue weighted by Gasteiger charge is -2.19. The number of carbonyl (C=O) groups is 1. The highest BCUT2D eigenvalue weighted by Crippen LogP contribution is 2.48. The molecule has 2 atom stereocenters. The number of fused-ring (bicyclic) bond motifs is 1. The molecule has 0 spiro atoms. The third-order valence-electron chi connectivity index (χ3n) is 4.87. The van der Waals surface area contributed by atoms with Crippen LogP contribution in [0.25, 0.3) is 0 Å². The number of nitrogens with one attached hydrogen (secondary N) is 2. The van der Waals surface area contributed by atoms with Crippen LogP contribution in [-0.4, -0.2) is 12.5 Å². The van der Waals surface area contributed by atoms with E-state index in [0.29, 0.717) is 18.7 Å². The molecule has 0 bridgehead atoms. The zero-order valence-electron chi connectivity index (χ0n) is 13.1. The molecule has 24 heavy (non-hydrogen) atoms. The minimum atomic E-state index is -0.276. The average Bonchev–Trinajstić information content (AvgIpc) is 3.38. The van der Waals surface area contributed by atoms with Crippen molar-refractivity contribution in [3.05, 3.63) is 63.4 Å². The molecule has 4 rings (SSSR count). The Labute approximate surface area is 148 Å². The topological polar surface area (TPSA) is 41.1 Å². The number of hydrogen-bond acceptors (Lipinski definition) is 2. The van der Waals surface area contributed by atoms with Gasteiger partial charge in [-0.1, -0.05) is 34.1 Å². The van der Waals surface area contributed by atoms with E-state index in [-0.39, 0.29) is 23.6 Å². The summed E-state index contributed by atoms with van der Waals surface area (Å²) in [6.45, 7) is 1.46. The van der Waals surface area contributed by atoms with Crippen LogP contribution < -0.4 is 10.6 Å². The Morgan fingerprint density at radius 1 is 1.29 bits per heavy atom. The van der Waals surface area contributed by atoms with E-state index in [1.807, 2.05) is 30.3 Å². The summed E-state index contributed by atoms with van der Waals surface area (Å²) >= 11 is 3.46. The van der Waals surface area contributed by atoms with Gasteiger partial charge in [-0.2, -0.15) is 0 Å². The molecule has 2 N–H and O–H groups in total. The molecular weight excluding hydrogens is 371 g/mol. The molecule has 1 saturated carbocycles. The highest BCUT2D eigenvalue weighted by atomic mass is 79.9. The van der Waals surface area contributed by atoms with Gasteiger partial charge in [0.2, 0.25) is 5.91 Å². The monoisotopic (exact) mass is 388 g/mol. The molecule has 3 nitrogen and oxygen atoms in total. The lowest BCUT2D eigenvalue weighted by Crippen LogP contribution is -2.25. The first kappa shape index (κ1) is 15.8. The summed E-state index contributed by atoms with van der Waals surface area (Å²) in [6.07, 6.45) is 1.48. The number of halogens is 2. The van der Waals surface area contributed by atoms with Crippen molar-refractivity contribution in [3.63, 3.8) is 0 Å².